The molecule has 4 aromatic rings. The van der Waals surface area contributed by atoms with Gasteiger partial charge in [-0.2, -0.15) is 0 Å². The number of methoxy groups -OCH3 is 1. The van der Waals surface area contributed by atoms with Crippen LogP contribution in [0.2, 0.25) is 0 Å². The van der Waals surface area contributed by atoms with Crippen molar-refractivity contribution in [2.24, 2.45) is 0 Å². The third kappa shape index (κ3) is 13.5. The predicted molar refractivity (Wildman–Crippen MR) is 293 cm³/mol. The number of amides is 8. The number of fused-ring (bicyclic) bond motifs is 5. The lowest BCUT2D eigenvalue weighted by molar-refractivity contribution is -0.172. The Morgan fingerprint density at radius 3 is 2.30 bits per heavy atom. The third-order valence-electron chi connectivity index (χ3n) is 15.0. The van der Waals surface area contributed by atoms with E-state index in [0.717, 1.165) is 17.1 Å². The molecule has 4 atom stereocenters. The Hall–Kier alpha value is -8.30. The second-order valence-electron chi connectivity index (χ2n) is 20.9. The number of carbonyl (C=O) groups excluding carboxylic acids is 9. The number of halogens is 1. The van der Waals surface area contributed by atoms with Gasteiger partial charge >= 0.3 is 5.97 Å². The minimum Gasteiger partial charge on any atom is -0.458 e. The minimum absolute atomic E-state index is 0.0133. The van der Waals surface area contributed by atoms with Gasteiger partial charge in [0.05, 0.1) is 67.9 Å². The number of nitrogens with one attached hydrogen (secondary N) is 7. The van der Waals surface area contributed by atoms with E-state index >= 15 is 4.39 Å². The molecule has 1 aliphatic carbocycles. The molecule has 2 aromatic heterocycles. The Bertz CT molecular complexity index is 3310. The second kappa shape index (κ2) is 26.3. The van der Waals surface area contributed by atoms with Gasteiger partial charge in [0.25, 0.3) is 23.3 Å². The summed E-state index contributed by atoms with van der Waals surface area (Å²) in [5.74, 6) is -7.19. The molecule has 0 radical (unpaired) electrons. The molecule has 25 nitrogen and oxygen atoms in total. The lowest BCUT2D eigenvalue weighted by atomic mass is 9.81. The van der Waals surface area contributed by atoms with Crippen molar-refractivity contribution >= 4 is 64.1 Å². The van der Waals surface area contributed by atoms with Gasteiger partial charge < -0.3 is 65.8 Å². The van der Waals surface area contributed by atoms with Crippen LogP contribution in [0.1, 0.15) is 85.0 Å². The van der Waals surface area contributed by atoms with Crippen molar-refractivity contribution in [1.82, 2.24) is 51.7 Å². The SMILES string of the molecule is CC[C@@]1(O)C(=O)OCc2c1cc1n(c2=O)Cc2c-1nc1cc(F)c(C)c3c1c2[C@@H](NC(=O)C(C)(C)OCNC(=O)CNC(=O)[C@H](Cc1ccccc1)NC(=O)CNC(=O)CNC(=O)C(CNCCCOCCOC)N1C(=O)C=CC1=O)CC3. The molecule has 3 aliphatic heterocycles. The molecule has 8 N–H and O–H groups in total. The maximum Gasteiger partial charge on any atom is 0.343 e. The van der Waals surface area contributed by atoms with Crippen molar-refractivity contribution in [3.63, 3.8) is 0 Å². The summed E-state index contributed by atoms with van der Waals surface area (Å²) < 4.78 is 38.4. The highest BCUT2D eigenvalue weighted by atomic mass is 19.1. The highest BCUT2D eigenvalue weighted by Crippen LogP contribution is 2.46. The molecule has 1 unspecified atom stereocenters. The molecule has 0 fully saturated rings. The fraction of sp³-hybridized carbons (Fsp3) is 0.456. The van der Waals surface area contributed by atoms with Gasteiger partial charge in [0.15, 0.2) is 5.60 Å². The number of ether oxygens (including phenoxy) is 4. The zero-order chi connectivity index (χ0) is 59.8. The van der Waals surface area contributed by atoms with E-state index < -0.39 is 120 Å². The summed E-state index contributed by atoms with van der Waals surface area (Å²) in [5, 5.41) is 30.5. The molecule has 442 valence electrons. The van der Waals surface area contributed by atoms with Crippen LogP contribution in [-0.4, -0.2) is 157 Å². The number of benzene rings is 2. The molecule has 2 aromatic carbocycles. The number of esters is 1. The van der Waals surface area contributed by atoms with Crippen LogP contribution in [0.25, 0.3) is 22.3 Å². The topological polar surface area (TPSA) is 333 Å². The van der Waals surface area contributed by atoms with E-state index in [1.807, 2.05) is 0 Å². The summed E-state index contributed by atoms with van der Waals surface area (Å²) in [5.41, 5.74) is 0.0821. The molecule has 0 spiro atoms. The molecule has 8 amide bonds. The van der Waals surface area contributed by atoms with Gasteiger partial charge in [-0.25, -0.2) is 14.2 Å². The first-order valence-corrected chi connectivity index (χ1v) is 27.2. The Kier molecular flexibility index (Phi) is 19.3. The van der Waals surface area contributed by atoms with E-state index in [2.05, 4.69) is 37.2 Å². The van der Waals surface area contributed by atoms with Crippen LogP contribution in [0, 0.1) is 12.7 Å². The van der Waals surface area contributed by atoms with Crippen LogP contribution in [0.5, 0.6) is 0 Å². The number of aromatic nitrogens is 2. The summed E-state index contributed by atoms with van der Waals surface area (Å²) in [6.07, 6.45) is 3.26. The number of hydrogen-bond acceptors (Lipinski definition) is 17. The van der Waals surface area contributed by atoms with Crippen molar-refractivity contribution in [1.29, 1.82) is 0 Å². The Morgan fingerprint density at radius 1 is 0.892 bits per heavy atom. The van der Waals surface area contributed by atoms with Crippen LogP contribution in [0.3, 0.4) is 0 Å². The maximum atomic E-state index is 15.5. The molecular formula is C57H67FN10O15. The summed E-state index contributed by atoms with van der Waals surface area (Å²) in [7, 11) is 1.55. The molecule has 0 saturated carbocycles. The lowest BCUT2D eigenvalue weighted by Crippen LogP contribution is -2.55. The van der Waals surface area contributed by atoms with Crippen LogP contribution in [-0.2, 0) is 93.7 Å². The Morgan fingerprint density at radius 2 is 1.59 bits per heavy atom. The predicted octanol–water partition coefficient (Wildman–Crippen LogP) is -0.488. The molecule has 83 heavy (non-hydrogen) atoms. The number of imide groups is 1. The fourth-order valence-electron chi connectivity index (χ4n) is 10.4. The summed E-state index contributed by atoms with van der Waals surface area (Å²) in [6, 6.07) is 8.32. The highest BCUT2D eigenvalue weighted by molar-refractivity contribution is 6.15. The van der Waals surface area contributed by atoms with Crippen molar-refractivity contribution in [2.45, 2.75) is 102 Å². The number of cyclic esters (lactones) is 1. The van der Waals surface area contributed by atoms with Crippen LogP contribution in [0.4, 0.5) is 4.39 Å². The molecule has 5 heterocycles. The van der Waals surface area contributed by atoms with Crippen LogP contribution in [0.15, 0.2) is 59.4 Å². The number of aliphatic hydroxyl groups is 1. The van der Waals surface area contributed by atoms with Crippen LogP contribution < -0.4 is 42.8 Å². The third-order valence-corrected chi connectivity index (χ3v) is 15.0. The van der Waals surface area contributed by atoms with Crippen molar-refractivity contribution in [2.75, 3.05) is 66.4 Å². The molecule has 26 heteroatoms. The second-order valence-corrected chi connectivity index (χ2v) is 20.9. The monoisotopic (exact) mass is 1150 g/mol. The largest absolute Gasteiger partial charge is 0.458 e. The zero-order valence-corrected chi connectivity index (χ0v) is 46.6. The smallest absolute Gasteiger partial charge is 0.343 e. The molecule has 0 saturated heterocycles. The summed E-state index contributed by atoms with van der Waals surface area (Å²) in [4.78, 5) is 138. The Labute approximate surface area is 475 Å². The van der Waals surface area contributed by atoms with Gasteiger partial charge in [0.1, 0.15) is 36.8 Å². The standard InChI is InChI=1S/C57H67FN10O15/c1-6-57(79)36-22-41-50-34(28-67(41)53(76)35(36)29-82-55(57)78)49-38(14-13-33-31(2)37(58)23-39(65-50)48(33)49)66-54(77)56(3,4)83-30-63-44(70)26-61-51(74)40(21-32-11-8-7-9-12-32)64-45(71)27-60-43(69)25-62-52(75)42(68-46(72)15-16-47(68)73)24-59-17-10-18-81-20-19-80-5/h7-9,11-12,15-16,22-23,38,40,42,59,79H,6,10,13-14,17-21,24-30H2,1-5H3,(H,60,69)(H,61,74)(H,62,75)(H,63,70)(H,64,71)(H,66,77)/t38-,40-,42?,57-/m0/s1. The van der Waals surface area contributed by atoms with E-state index in [4.69, 9.17) is 23.9 Å². The first-order valence-electron chi connectivity index (χ1n) is 27.2. The van der Waals surface area contributed by atoms with Gasteiger partial charge in [-0.3, -0.25) is 48.1 Å². The first kappa shape index (κ1) is 60.8. The number of nitrogens with zero attached hydrogens (tertiary/aromatic N) is 3. The highest BCUT2D eigenvalue weighted by Gasteiger charge is 2.46. The molecule has 4 aliphatic rings. The molecule has 8 rings (SSSR count). The summed E-state index contributed by atoms with van der Waals surface area (Å²) >= 11 is 0. The van der Waals surface area contributed by atoms with E-state index in [1.165, 1.54) is 24.5 Å². The Balaban J connectivity index is 0.841. The average molecular weight is 1150 g/mol. The van der Waals surface area contributed by atoms with Crippen molar-refractivity contribution < 1.29 is 71.6 Å². The molecule has 0 bridgehead atoms. The zero-order valence-electron chi connectivity index (χ0n) is 46.6. The quantitative estimate of drug-likeness (QED) is 0.0142. The van der Waals surface area contributed by atoms with Gasteiger partial charge in [0.2, 0.25) is 29.5 Å². The van der Waals surface area contributed by atoms with Gasteiger partial charge in [0, 0.05) is 61.4 Å². The number of aryl methyl sites for hydroxylation is 1. The van der Waals surface area contributed by atoms with E-state index in [1.54, 1.807) is 57.4 Å². The average Bonchev–Trinajstić information content (AvgIpc) is 3.62. The summed E-state index contributed by atoms with van der Waals surface area (Å²) in [6.45, 7) is 5.16. The van der Waals surface area contributed by atoms with Crippen molar-refractivity contribution in [3.05, 3.63) is 110 Å². The molecular weight excluding hydrogens is 1080 g/mol. The van der Waals surface area contributed by atoms with Gasteiger partial charge in [-0.15, -0.1) is 0 Å². The number of pyridine rings is 2. The van der Waals surface area contributed by atoms with Crippen molar-refractivity contribution in [3.8, 4) is 11.4 Å². The number of hydrogen-bond donors (Lipinski definition) is 8. The normalized spacial score (nSPS) is 17.5. The van der Waals surface area contributed by atoms with E-state index in [0.29, 0.717) is 95.7 Å². The van der Waals surface area contributed by atoms with E-state index in [9.17, 15) is 53.1 Å². The van der Waals surface area contributed by atoms with Crippen LogP contribution >= 0.6 is 0 Å². The lowest BCUT2D eigenvalue weighted by Gasteiger charge is -2.32. The minimum atomic E-state index is -2.07. The first-order chi connectivity index (χ1) is 39.7. The number of rotatable bonds is 27. The number of carbonyl (C=O) groups is 9. The van der Waals surface area contributed by atoms with Gasteiger partial charge in [-0.1, -0.05) is 37.3 Å². The van der Waals surface area contributed by atoms with E-state index in [-0.39, 0.29) is 43.7 Å². The maximum absolute atomic E-state index is 15.5. The van der Waals surface area contributed by atoms with Gasteiger partial charge in [-0.05, 0) is 81.3 Å². The fourth-order valence-corrected chi connectivity index (χ4v) is 10.4.